The third-order valence-electron chi connectivity index (χ3n) is 4.53. The van der Waals surface area contributed by atoms with E-state index in [9.17, 15) is 4.79 Å². The Morgan fingerprint density at radius 3 is 1.96 bits per heavy atom. The summed E-state index contributed by atoms with van der Waals surface area (Å²) >= 11 is 0. The molecule has 1 aromatic carbocycles. The number of hydrogen-bond acceptors (Lipinski definition) is 5. The Morgan fingerprint density at radius 1 is 0.957 bits per heavy atom. The highest BCUT2D eigenvalue weighted by Gasteiger charge is 2.34. The van der Waals surface area contributed by atoms with Crippen molar-refractivity contribution in [2.45, 2.75) is 12.8 Å². The van der Waals surface area contributed by atoms with Crippen LogP contribution >= 0.6 is 0 Å². The van der Waals surface area contributed by atoms with Crippen molar-refractivity contribution in [1.82, 2.24) is 4.90 Å². The van der Waals surface area contributed by atoms with E-state index in [1.165, 1.54) is 0 Å². The van der Waals surface area contributed by atoms with Gasteiger partial charge in [0.15, 0.2) is 11.5 Å². The Bertz CT molecular complexity index is 553. The van der Waals surface area contributed by atoms with E-state index in [1.807, 2.05) is 17.0 Å². The van der Waals surface area contributed by atoms with Gasteiger partial charge in [0, 0.05) is 49.9 Å². The second-order valence-corrected chi connectivity index (χ2v) is 5.97. The highest BCUT2D eigenvalue weighted by atomic mass is 16.5. The minimum Gasteiger partial charge on any atom is -0.493 e. The minimum atomic E-state index is 0.294. The van der Waals surface area contributed by atoms with Crippen molar-refractivity contribution in [2.75, 3.05) is 52.4 Å². The van der Waals surface area contributed by atoms with Crippen LogP contribution < -0.4 is 19.1 Å². The van der Waals surface area contributed by atoms with Gasteiger partial charge in [-0.05, 0) is 12.8 Å². The molecule has 6 heteroatoms. The van der Waals surface area contributed by atoms with E-state index in [2.05, 4.69) is 4.90 Å². The number of anilines is 1. The lowest BCUT2D eigenvalue weighted by Crippen LogP contribution is -2.49. The van der Waals surface area contributed by atoms with Crippen LogP contribution in [0.2, 0.25) is 0 Å². The van der Waals surface area contributed by atoms with Crippen molar-refractivity contribution in [2.24, 2.45) is 5.92 Å². The first-order valence-electron chi connectivity index (χ1n) is 8.01. The number of ether oxygens (including phenoxy) is 3. The summed E-state index contributed by atoms with van der Waals surface area (Å²) in [6.07, 6.45) is 2.12. The first-order valence-corrected chi connectivity index (χ1v) is 8.01. The van der Waals surface area contributed by atoms with Gasteiger partial charge in [0.05, 0.1) is 21.3 Å². The molecule has 0 spiro atoms. The topological polar surface area (TPSA) is 51.2 Å². The molecule has 3 rings (SSSR count). The molecule has 2 fully saturated rings. The molecule has 1 saturated heterocycles. The predicted molar refractivity (Wildman–Crippen MR) is 87.6 cm³/mol. The van der Waals surface area contributed by atoms with Crippen molar-refractivity contribution in [1.29, 1.82) is 0 Å². The van der Waals surface area contributed by atoms with Gasteiger partial charge < -0.3 is 24.0 Å². The van der Waals surface area contributed by atoms with Crippen LogP contribution in [0.15, 0.2) is 12.1 Å². The average molecular weight is 320 g/mol. The quantitative estimate of drug-likeness (QED) is 0.827. The summed E-state index contributed by atoms with van der Waals surface area (Å²) in [5, 5.41) is 0. The molecule has 6 nitrogen and oxygen atoms in total. The lowest BCUT2D eigenvalue weighted by molar-refractivity contribution is -0.132. The van der Waals surface area contributed by atoms with Crippen LogP contribution in [0, 0.1) is 5.92 Å². The SMILES string of the molecule is COc1cc(N2CCN(C(=O)C3CC3)CC2)cc(OC)c1OC. The van der Waals surface area contributed by atoms with Crippen LogP contribution in [0.25, 0.3) is 0 Å². The van der Waals surface area contributed by atoms with Crippen LogP contribution in [-0.2, 0) is 4.79 Å². The van der Waals surface area contributed by atoms with Gasteiger partial charge in [-0.3, -0.25) is 4.79 Å². The van der Waals surface area contributed by atoms with E-state index < -0.39 is 0 Å². The fourth-order valence-corrected chi connectivity index (χ4v) is 3.02. The molecule has 1 heterocycles. The number of benzene rings is 1. The molecule has 0 unspecified atom stereocenters. The maximum atomic E-state index is 12.1. The Kier molecular flexibility index (Phi) is 4.50. The van der Waals surface area contributed by atoms with Gasteiger partial charge in [0.2, 0.25) is 11.7 Å². The van der Waals surface area contributed by atoms with Gasteiger partial charge in [-0.15, -0.1) is 0 Å². The number of carbonyl (C=O) groups is 1. The van der Waals surface area contributed by atoms with E-state index in [0.29, 0.717) is 29.1 Å². The Hall–Kier alpha value is -2.11. The summed E-state index contributed by atoms with van der Waals surface area (Å²) in [5.41, 5.74) is 1.03. The number of piperazine rings is 1. The fourth-order valence-electron chi connectivity index (χ4n) is 3.02. The largest absolute Gasteiger partial charge is 0.493 e. The second-order valence-electron chi connectivity index (χ2n) is 5.97. The van der Waals surface area contributed by atoms with E-state index in [-0.39, 0.29) is 0 Å². The molecule has 0 aromatic heterocycles. The van der Waals surface area contributed by atoms with E-state index in [4.69, 9.17) is 14.2 Å². The van der Waals surface area contributed by atoms with Gasteiger partial charge in [0.25, 0.3) is 0 Å². The highest BCUT2D eigenvalue weighted by Crippen LogP contribution is 2.41. The maximum Gasteiger partial charge on any atom is 0.225 e. The van der Waals surface area contributed by atoms with Crippen molar-refractivity contribution in [3.05, 3.63) is 12.1 Å². The molecular formula is C17H24N2O4. The first-order chi connectivity index (χ1) is 11.2. The molecule has 0 bridgehead atoms. The molecule has 2 aliphatic rings. The predicted octanol–water partition coefficient (Wildman–Crippen LogP) is 1.77. The van der Waals surface area contributed by atoms with E-state index in [0.717, 1.165) is 44.7 Å². The zero-order chi connectivity index (χ0) is 16.4. The molecule has 1 aliphatic carbocycles. The van der Waals surface area contributed by atoms with Crippen molar-refractivity contribution < 1.29 is 19.0 Å². The van der Waals surface area contributed by atoms with Gasteiger partial charge in [0.1, 0.15) is 0 Å². The number of amides is 1. The van der Waals surface area contributed by atoms with Crippen LogP contribution in [-0.4, -0.2) is 58.3 Å². The van der Waals surface area contributed by atoms with Gasteiger partial charge in [-0.25, -0.2) is 0 Å². The zero-order valence-electron chi connectivity index (χ0n) is 14.0. The summed E-state index contributed by atoms with van der Waals surface area (Å²) in [6.45, 7) is 3.17. The average Bonchev–Trinajstić information content (AvgIpc) is 3.45. The normalized spacial score (nSPS) is 17.9. The molecule has 1 aliphatic heterocycles. The molecule has 1 amide bonds. The zero-order valence-corrected chi connectivity index (χ0v) is 14.0. The summed E-state index contributed by atoms with van der Waals surface area (Å²) in [4.78, 5) is 16.4. The lowest BCUT2D eigenvalue weighted by atomic mass is 10.2. The summed E-state index contributed by atoms with van der Waals surface area (Å²) in [6, 6.07) is 3.92. The standard InChI is InChI=1S/C17H24N2O4/c1-21-14-10-13(11-15(22-2)16(14)23-3)18-6-8-19(9-7-18)17(20)12-4-5-12/h10-12H,4-9H2,1-3H3. The first kappa shape index (κ1) is 15.8. The van der Waals surface area contributed by atoms with Crippen LogP contribution in [0.4, 0.5) is 5.69 Å². The Morgan fingerprint density at radius 2 is 1.52 bits per heavy atom. The molecule has 126 valence electrons. The van der Waals surface area contributed by atoms with Crippen molar-refractivity contribution in [3.8, 4) is 17.2 Å². The smallest absolute Gasteiger partial charge is 0.225 e. The van der Waals surface area contributed by atoms with Gasteiger partial charge in [-0.2, -0.15) is 0 Å². The summed E-state index contributed by atoms with van der Waals surface area (Å²) < 4.78 is 16.2. The number of hydrogen-bond donors (Lipinski definition) is 0. The third-order valence-corrected chi connectivity index (χ3v) is 4.53. The molecule has 1 aromatic rings. The molecule has 0 N–H and O–H groups in total. The molecule has 0 atom stereocenters. The minimum absolute atomic E-state index is 0.294. The van der Waals surface area contributed by atoms with Crippen molar-refractivity contribution in [3.63, 3.8) is 0 Å². The Balaban J connectivity index is 1.73. The third kappa shape index (κ3) is 3.16. The molecular weight excluding hydrogens is 296 g/mol. The van der Waals surface area contributed by atoms with Crippen molar-refractivity contribution >= 4 is 11.6 Å². The summed E-state index contributed by atoms with van der Waals surface area (Å²) in [7, 11) is 4.84. The molecule has 0 radical (unpaired) electrons. The number of methoxy groups -OCH3 is 3. The summed E-state index contributed by atoms with van der Waals surface area (Å²) in [5.74, 6) is 2.52. The lowest BCUT2D eigenvalue weighted by Gasteiger charge is -2.36. The Labute approximate surface area is 136 Å². The van der Waals surface area contributed by atoms with Crippen LogP contribution in [0.1, 0.15) is 12.8 Å². The monoisotopic (exact) mass is 320 g/mol. The number of rotatable bonds is 5. The number of carbonyl (C=O) groups excluding carboxylic acids is 1. The number of nitrogens with zero attached hydrogens (tertiary/aromatic N) is 2. The highest BCUT2D eigenvalue weighted by molar-refractivity contribution is 5.81. The second kappa shape index (κ2) is 6.56. The fraction of sp³-hybridized carbons (Fsp3) is 0.588. The van der Waals surface area contributed by atoms with Gasteiger partial charge >= 0.3 is 0 Å². The van der Waals surface area contributed by atoms with Crippen LogP contribution in [0.3, 0.4) is 0 Å². The van der Waals surface area contributed by atoms with Gasteiger partial charge in [-0.1, -0.05) is 0 Å². The van der Waals surface area contributed by atoms with E-state index >= 15 is 0 Å². The van der Waals surface area contributed by atoms with Crippen LogP contribution in [0.5, 0.6) is 17.2 Å². The molecule has 1 saturated carbocycles. The van der Waals surface area contributed by atoms with E-state index in [1.54, 1.807) is 21.3 Å². The maximum absolute atomic E-state index is 12.1. The molecule has 23 heavy (non-hydrogen) atoms.